The molecule has 0 saturated heterocycles. The molecule has 2 aromatic rings. The van der Waals surface area contributed by atoms with E-state index in [0.29, 0.717) is 0 Å². The van der Waals surface area contributed by atoms with Crippen molar-refractivity contribution in [2.45, 2.75) is 40.3 Å². The summed E-state index contributed by atoms with van der Waals surface area (Å²) < 4.78 is 5.17. The zero-order chi connectivity index (χ0) is 12.4. The maximum atomic E-state index is 5.17. The second kappa shape index (κ2) is 4.98. The number of aromatic nitrogens is 2. The standard InChI is InChI=1S/C12H17N3OS/c1-7(12-8(2)15-16-9(12)3)13-5-11-6-14-10(4)17-11/h6-7,13H,5H2,1-4H3. The van der Waals surface area contributed by atoms with Crippen LogP contribution in [0.15, 0.2) is 10.7 Å². The van der Waals surface area contributed by atoms with E-state index in [1.54, 1.807) is 11.3 Å². The van der Waals surface area contributed by atoms with Gasteiger partial charge >= 0.3 is 0 Å². The van der Waals surface area contributed by atoms with Crippen molar-refractivity contribution in [3.63, 3.8) is 0 Å². The van der Waals surface area contributed by atoms with Crippen LogP contribution in [0.2, 0.25) is 0 Å². The Kier molecular flexibility index (Phi) is 3.59. The number of aryl methyl sites for hydroxylation is 3. The Hall–Kier alpha value is -1.20. The molecule has 0 aliphatic heterocycles. The van der Waals surface area contributed by atoms with E-state index in [-0.39, 0.29) is 6.04 Å². The zero-order valence-corrected chi connectivity index (χ0v) is 11.4. The second-order valence-electron chi connectivity index (χ2n) is 4.19. The topological polar surface area (TPSA) is 51.0 Å². The number of hydrogen-bond donors (Lipinski definition) is 1. The van der Waals surface area contributed by atoms with Crippen LogP contribution in [0, 0.1) is 20.8 Å². The molecule has 0 radical (unpaired) electrons. The summed E-state index contributed by atoms with van der Waals surface area (Å²) >= 11 is 1.72. The lowest BCUT2D eigenvalue weighted by Gasteiger charge is -2.12. The van der Waals surface area contributed by atoms with Crippen LogP contribution in [0.5, 0.6) is 0 Å². The van der Waals surface area contributed by atoms with E-state index >= 15 is 0 Å². The minimum atomic E-state index is 0.239. The van der Waals surface area contributed by atoms with E-state index in [1.807, 2.05) is 27.0 Å². The predicted octanol–water partition coefficient (Wildman–Crippen LogP) is 2.91. The van der Waals surface area contributed by atoms with Gasteiger partial charge < -0.3 is 9.84 Å². The average molecular weight is 251 g/mol. The minimum Gasteiger partial charge on any atom is -0.361 e. The lowest BCUT2D eigenvalue weighted by atomic mass is 10.1. The molecule has 1 unspecified atom stereocenters. The number of hydrogen-bond acceptors (Lipinski definition) is 5. The summed E-state index contributed by atoms with van der Waals surface area (Å²) in [5, 5.41) is 8.54. The molecular formula is C12H17N3OS. The van der Waals surface area contributed by atoms with Crippen LogP contribution in [-0.4, -0.2) is 10.1 Å². The Morgan fingerprint density at radius 2 is 2.18 bits per heavy atom. The highest BCUT2D eigenvalue weighted by Crippen LogP contribution is 2.21. The number of thiazole rings is 1. The summed E-state index contributed by atoms with van der Waals surface area (Å²) in [7, 11) is 0. The molecule has 1 N–H and O–H groups in total. The maximum Gasteiger partial charge on any atom is 0.138 e. The van der Waals surface area contributed by atoms with Crippen molar-refractivity contribution in [2.75, 3.05) is 0 Å². The molecule has 0 fully saturated rings. The molecule has 2 aromatic heterocycles. The highest BCUT2D eigenvalue weighted by atomic mass is 32.1. The summed E-state index contributed by atoms with van der Waals surface area (Å²) in [5.74, 6) is 0.892. The van der Waals surface area contributed by atoms with Crippen LogP contribution in [-0.2, 0) is 6.54 Å². The number of nitrogens with zero attached hydrogens (tertiary/aromatic N) is 2. The van der Waals surface area contributed by atoms with Gasteiger partial charge in [-0.15, -0.1) is 11.3 Å². The molecule has 0 aliphatic rings. The SMILES string of the molecule is Cc1ncc(CNC(C)c2c(C)noc2C)s1. The van der Waals surface area contributed by atoms with Crippen molar-refractivity contribution in [3.05, 3.63) is 33.1 Å². The van der Waals surface area contributed by atoms with Gasteiger partial charge in [-0.1, -0.05) is 5.16 Å². The van der Waals surface area contributed by atoms with E-state index in [2.05, 4.69) is 22.4 Å². The van der Waals surface area contributed by atoms with E-state index in [1.165, 1.54) is 4.88 Å². The zero-order valence-electron chi connectivity index (χ0n) is 10.6. The van der Waals surface area contributed by atoms with Crippen molar-refractivity contribution in [1.82, 2.24) is 15.5 Å². The summed E-state index contributed by atoms with van der Waals surface area (Å²) in [4.78, 5) is 5.49. The monoisotopic (exact) mass is 251 g/mol. The van der Waals surface area contributed by atoms with E-state index in [0.717, 1.165) is 28.6 Å². The molecule has 0 saturated carbocycles. The summed E-state index contributed by atoms with van der Waals surface area (Å²) in [6.07, 6.45) is 1.92. The fourth-order valence-electron chi connectivity index (χ4n) is 1.95. The first-order chi connectivity index (χ1) is 8.08. The van der Waals surface area contributed by atoms with Gasteiger partial charge in [0.05, 0.1) is 10.7 Å². The first-order valence-corrected chi connectivity index (χ1v) is 6.47. The Balaban J connectivity index is 2.00. The van der Waals surface area contributed by atoms with Crippen LogP contribution < -0.4 is 5.32 Å². The van der Waals surface area contributed by atoms with Crippen LogP contribution in [0.3, 0.4) is 0 Å². The molecule has 17 heavy (non-hydrogen) atoms. The summed E-state index contributed by atoms with van der Waals surface area (Å²) in [6, 6.07) is 0.239. The molecule has 92 valence electrons. The van der Waals surface area contributed by atoms with E-state index in [4.69, 9.17) is 4.52 Å². The molecular weight excluding hydrogens is 234 g/mol. The summed E-state index contributed by atoms with van der Waals surface area (Å²) in [5.41, 5.74) is 2.12. The molecule has 0 bridgehead atoms. The molecule has 2 rings (SSSR count). The third kappa shape index (κ3) is 2.73. The Labute approximate surface area is 105 Å². The molecule has 0 aliphatic carbocycles. The molecule has 5 heteroatoms. The van der Waals surface area contributed by atoms with Crippen LogP contribution in [0.4, 0.5) is 0 Å². The maximum absolute atomic E-state index is 5.17. The smallest absolute Gasteiger partial charge is 0.138 e. The highest BCUT2D eigenvalue weighted by Gasteiger charge is 2.15. The number of nitrogens with one attached hydrogen (secondary N) is 1. The van der Waals surface area contributed by atoms with Crippen molar-refractivity contribution in [3.8, 4) is 0 Å². The molecule has 4 nitrogen and oxygen atoms in total. The minimum absolute atomic E-state index is 0.239. The fourth-order valence-corrected chi connectivity index (χ4v) is 2.70. The molecule has 0 amide bonds. The van der Waals surface area contributed by atoms with Gasteiger partial charge in [0.2, 0.25) is 0 Å². The first kappa shape index (κ1) is 12.3. The van der Waals surface area contributed by atoms with Crippen LogP contribution >= 0.6 is 11.3 Å². The van der Waals surface area contributed by atoms with Crippen molar-refractivity contribution in [2.24, 2.45) is 0 Å². The van der Waals surface area contributed by atoms with Gasteiger partial charge in [0.1, 0.15) is 5.76 Å². The molecule has 1 atom stereocenters. The summed E-state index contributed by atoms with van der Waals surface area (Å²) in [6.45, 7) is 8.90. The van der Waals surface area contributed by atoms with E-state index in [9.17, 15) is 0 Å². The van der Waals surface area contributed by atoms with Crippen LogP contribution in [0.25, 0.3) is 0 Å². The van der Waals surface area contributed by atoms with Gasteiger partial charge in [-0.3, -0.25) is 0 Å². The Morgan fingerprint density at radius 3 is 2.71 bits per heavy atom. The second-order valence-corrected chi connectivity index (χ2v) is 5.51. The highest BCUT2D eigenvalue weighted by molar-refractivity contribution is 7.11. The number of rotatable bonds is 4. The van der Waals surface area contributed by atoms with Crippen molar-refractivity contribution < 1.29 is 4.52 Å². The first-order valence-electron chi connectivity index (χ1n) is 5.65. The lowest BCUT2D eigenvalue weighted by molar-refractivity contribution is 0.390. The third-order valence-electron chi connectivity index (χ3n) is 2.77. The normalized spacial score (nSPS) is 12.9. The van der Waals surface area contributed by atoms with Gasteiger partial charge in [0.25, 0.3) is 0 Å². The van der Waals surface area contributed by atoms with Gasteiger partial charge in [0.15, 0.2) is 0 Å². The Morgan fingerprint density at radius 1 is 1.41 bits per heavy atom. The quantitative estimate of drug-likeness (QED) is 0.907. The average Bonchev–Trinajstić information content (AvgIpc) is 2.83. The van der Waals surface area contributed by atoms with Gasteiger partial charge in [-0.25, -0.2) is 4.98 Å². The van der Waals surface area contributed by atoms with Crippen molar-refractivity contribution in [1.29, 1.82) is 0 Å². The van der Waals surface area contributed by atoms with E-state index < -0.39 is 0 Å². The largest absolute Gasteiger partial charge is 0.361 e. The van der Waals surface area contributed by atoms with Crippen LogP contribution in [0.1, 0.15) is 39.9 Å². The Bertz CT molecular complexity index is 484. The molecule has 2 heterocycles. The van der Waals surface area contributed by atoms with Gasteiger partial charge in [-0.05, 0) is 27.7 Å². The third-order valence-corrected chi connectivity index (χ3v) is 3.69. The molecule has 0 spiro atoms. The molecule has 0 aromatic carbocycles. The fraction of sp³-hybridized carbons (Fsp3) is 0.500. The van der Waals surface area contributed by atoms with Gasteiger partial charge in [0, 0.05) is 29.2 Å². The van der Waals surface area contributed by atoms with Gasteiger partial charge in [-0.2, -0.15) is 0 Å². The lowest BCUT2D eigenvalue weighted by Crippen LogP contribution is -2.18. The predicted molar refractivity (Wildman–Crippen MR) is 68.1 cm³/mol. The van der Waals surface area contributed by atoms with Crippen molar-refractivity contribution >= 4 is 11.3 Å².